The molecular weight excluding hydrogens is 487 g/mol. The molecule has 1 N–H and O–H groups in total. The van der Waals surface area contributed by atoms with Gasteiger partial charge in [-0.3, -0.25) is 18.7 Å². The number of hydrogen-bond acceptors (Lipinski definition) is 4. The van der Waals surface area contributed by atoms with Crippen molar-refractivity contribution < 1.29 is 14.3 Å². The van der Waals surface area contributed by atoms with Crippen molar-refractivity contribution in [2.24, 2.45) is 0 Å². The Morgan fingerprint density at radius 1 is 1.17 bits per heavy atom. The third kappa shape index (κ3) is 3.50. The maximum atomic E-state index is 14.3. The number of carboxylic acids is 1. The largest absolute Gasteiger partial charge is 0.480 e. The minimum Gasteiger partial charge on any atom is -0.480 e. The Bertz CT molecular complexity index is 1430. The number of nitrogens with zero attached hydrogens (tertiary/aromatic N) is 2. The highest BCUT2D eigenvalue weighted by atomic mass is 79.9. The molecule has 0 radical (unpaired) electrons. The van der Waals surface area contributed by atoms with Gasteiger partial charge in [0.1, 0.15) is 17.1 Å². The second kappa shape index (κ2) is 7.40. The summed E-state index contributed by atoms with van der Waals surface area (Å²) in [4.78, 5) is 37.5. The van der Waals surface area contributed by atoms with Crippen molar-refractivity contribution in [3.63, 3.8) is 0 Å². The van der Waals surface area contributed by atoms with E-state index in [0.29, 0.717) is 19.6 Å². The third-order valence-corrected chi connectivity index (χ3v) is 6.31. The van der Waals surface area contributed by atoms with E-state index in [4.69, 9.17) is 11.6 Å². The van der Waals surface area contributed by atoms with Gasteiger partial charge in [-0.05, 0) is 30.3 Å². The fourth-order valence-electron chi connectivity index (χ4n) is 3.16. The summed E-state index contributed by atoms with van der Waals surface area (Å²) in [5.41, 5.74) is -1.08. The van der Waals surface area contributed by atoms with Gasteiger partial charge in [-0.1, -0.05) is 33.6 Å². The lowest BCUT2D eigenvalue weighted by Crippen LogP contribution is -2.41. The minimum atomic E-state index is -1.24. The molecule has 0 spiro atoms. The van der Waals surface area contributed by atoms with Gasteiger partial charge in [0.15, 0.2) is 0 Å². The normalized spacial score (nSPS) is 11.4. The first-order valence-electron chi connectivity index (χ1n) is 8.27. The van der Waals surface area contributed by atoms with E-state index in [0.717, 1.165) is 20.5 Å². The van der Waals surface area contributed by atoms with Gasteiger partial charge in [0.05, 0.1) is 12.1 Å². The first kappa shape index (κ1) is 19.8. The molecule has 29 heavy (non-hydrogen) atoms. The van der Waals surface area contributed by atoms with E-state index in [2.05, 4.69) is 15.9 Å². The zero-order valence-corrected chi connectivity index (χ0v) is 17.6. The highest BCUT2D eigenvalue weighted by molar-refractivity contribution is 9.10. The molecule has 0 saturated heterocycles. The molecule has 10 heteroatoms. The molecule has 0 amide bonds. The molecule has 0 atom stereocenters. The van der Waals surface area contributed by atoms with Crippen LogP contribution >= 0.6 is 38.9 Å². The molecule has 0 aliphatic rings. The van der Waals surface area contributed by atoms with E-state index in [1.54, 1.807) is 24.3 Å². The number of carboxylic acid groups (broad SMARTS) is 1. The van der Waals surface area contributed by atoms with Gasteiger partial charge in [-0.25, -0.2) is 9.18 Å². The topological polar surface area (TPSA) is 81.3 Å². The lowest BCUT2D eigenvalue weighted by molar-refractivity contribution is -0.137. The average molecular weight is 498 g/mol. The van der Waals surface area contributed by atoms with E-state index in [1.807, 2.05) is 0 Å². The van der Waals surface area contributed by atoms with Gasteiger partial charge >= 0.3 is 11.7 Å². The Morgan fingerprint density at radius 2 is 1.93 bits per heavy atom. The first-order valence-corrected chi connectivity index (χ1v) is 10.3. The number of rotatable bonds is 4. The van der Waals surface area contributed by atoms with Crippen LogP contribution in [0.4, 0.5) is 4.39 Å². The zero-order valence-electron chi connectivity index (χ0n) is 14.5. The monoisotopic (exact) mass is 496 g/mol. The molecule has 0 fully saturated rings. The highest BCUT2D eigenvalue weighted by Gasteiger charge is 2.20. The number of benzene rings is 2. The van der Waals surface area contributed by atoms with Crippen molar-refractivity contribution >= 4 is 65.1 Å². The molecule has 2 heterocycles. The van der Waals surface area contributed by atoms with Crippen LogP contribution in [0.2, 0.25) is 5.02 Å². The van der Waals surface area contributed by atoms with E-state index in [-0.39, 0.29) is 22.3 Å². The summed E-state index contributed by atoms with van der Waals surface area (Å²) in [5, 5.41) is 10.2. The zero-order chi connectivity index (χ0) is 20.9. The van der Waals surface area contributed by atoms with E-state index < -0.39 is 29.6 Å². The molecule has 0 aliphatic heterocycles. The van der Waals surface area contributed by atoms with Crippen LogP contribution in [0.5, 0.6) is 0 Å². The maximum Gasteiger partial charge on any atom is 0.332 e. The van der Waals surface area contributed by atoms with Crippen molar-refractivity contribution in [3.8, 4) is 0 Å². The summed E-state index contributed by atoms with van der Waals surface area (Å²) in [6.45, 7) is -0.960. The van der Waals surface area contributed by atoms with Crippen LogP contribution in [0, 0.1) is 5.82 Å². The molecule has 0 saturated carbocycles. The minimum absolute atomic E-state index is 0.137. The number of fused-ring (bicyclic) bond motifs is 3. The van der Waals surface area contributed by atoms with Crippen LogP contribution in [0.3, 0.4) is 0 Å². The van der Waals surface area contributed by atoms with Gasteiger partial charge in [-0.2, -0.15) is 0 Å². The molecule has 2 aromatic heterocycles. The molecule has 0 unspecified atom stereocenters. The highest BCUT2D eigenvalue weighted by Crippen LogP contribution is 2.33. The van der Waals surface area contributed by atoms with Crippen molar-refractivity contribution in [1.82, 2.24) is 9.13 Å². The maximum absolute atomic E-state index is 14.3. The van der Waals surface area contributed by atoms with Crippen LogP contribution in [0.15, 0.2) is 50.5 Å². The summed E-state index contributed by atoms with van der Waals surface area (Å²) < 4.78 is 17.6. The quantitative estimate of drug-likeness (QED) is 0.461. The second-order valence-corrected chi connectivity index (χ2v) is 8.71. The standard InChI is InChI=1S/C19H11BrClFN2O4S/c20-10-2-1-9(13(22)5-10)7-24-18(27)17-16(23(19(24)28)8-15(25)26)12-6-11(21)3-4-14(12)29-17/h1-6H,7-8H2,(H,25,26). The number of hydrogen-bond donors (Lipinski definition) is 1. The number of aromatic nitrogens is 2. The number of aliphatic carboxylic acids is 1. The van der Waals surface area contributed by atoms with Gasteiger partial charge in [0.25, 0.3) is 5.56 Å². The van der Waals surface area contributed by atoms with Gasteiger partial charge in [0.2, 0.25) is 0 Å². The smallest absolute Gasteiger partial charge is 0.332 e. The second-order valence-electron chi connectivity index (χ2n) is 6.31. The fourth-order valence-corrected chi connectivity index (χ4v) is 4.80. The lowest BCUT2D eigenvalue weighted by atomic mass is 10.2. The van der Waals surface area contributed by atoms with Crippen LogP contribution in [0.1, 0.15) is 5.56 Å². The van der Waals surface area contributed by atoms with E-state index in [1.165, 1.54) is 12.1 Å². The summed E-state index contributed by atoms with van der Waals surface area (Å²) in [7, 11) is 0. The predicted molar refractivity (Wildman–Crippen MR) is 114 cm³/mol. The van der Waals surface area contributed by atoms with Crippen molar-refractivity contribution in [3.05, 3.63) is 78.1 Å². The van der Waals surface area contributed by atoms with Crippen LogP contribution in [-0.4, -0.2) is 20.2 Å². The SMILES string of the molecule is O=C(O)Cn1c(=O)n(Cc2ccc(Br)cc2F)c(=O)c2sc3ccc(Cl)cc3c21. The molecule has 4 rings (SSSR count). The molecule has 2 aromatic carbocycles. The first-order chi connectivity index (χ1) is 13.8. The number of thiophene rings is 1. The predicted octanol–water partition coefficient (Wildman–Crippen LogP) is 4.07. The molecule has 148 valence electrons. The Kier molecular flexibility index (Phi) is 5.05. The Hall–Kier alpha value is -2.49. The lowest BCUT2D eigenvalue weighted by Gasteiger charge is -2.12. The van der Waals surface area contributed by atoms with Gasteiger partial charge in [-0.15, -0.1) is 11.3 Å². The van der Waals surface area contributed by atoms with Gasteiger partial charge < -0.3 is 5.11 Å². The summed E-state index contributed by atoms with van der Waals surface area (Å²) in [6, 6.07) is 9.23. The molecular formula is C19H11BrClFN2O4S. The Morgan fingerprint density at radius 3 is 2.62 bits per heavy atom. The molecule has 6 nitrogen and oxygen atoms in total. The van der Waals surface area contributed by atoms with E-state index >= 15 is 0 Å². The summed E-state index contributed by atoms with van der Waals surface area (Å²) in [6.07, 6.45) is 0. The number of carbonyl (C=O) groups is 1. The third-order valence-electron chi connectivity index (χ3n) is 4.43. The summed E-state index contributed by atoms with van der Waals surface area (Å²) >= 11 is 10.3. The van der Waals surface area contributed by atoms with Crippen molar-refractivity contribution in [2.75, 3.05) is 0 Å². The average Bonchev–Trinajstić information content (AvgIpc) is 3.02. The Labute approximate surface area is 179 Å². The molecule has 4 aromatic rings. The van der Waals surface area contributed by atoms with Gasteiger partial charge in [0, 0.05) is 25.1 Å². The number of halogens is 3. The van der Waals surface area contributed by atoms with Crippen LogP contribution < -0.4 is 11.2 Å². The molecule has 0 bridgehead atoms. The Balaban J connectivity index is 2.06. The van der Waals surface area contributed by atoms with Crippen LogP contribution in [0.25, 0.3) is 20.3 Å². The van der Waals surface area contributed by atoms with Crippen molar-refractivity contribution in [2.45, 2.75) is 13.1 Å². The molecule has 0 aliphatic carbocycles. The fraction of sp³-hybridized carbons (Fsp3) is 0.105. The summed E-state index contributed by atoms with van der Waals surface area (Å²) in [5.74, 6) is -1.83. The van der Waals surface area contributed by atoms with Crippen molar-refractivity contribution in [1.29, 1.82) is 0 Å². The van der Waals surface area contributed by atoms with Crippen LogP contribution in [-0.2, 0) is 17.9 Å². The van der Waals surface area contributed by atoms with E-state index in [9.17, 15) is 23.9 Å².